The average Bonchev–Trinajstić information content (AvgIpc) is 3.02. The van der Waals surface area contributed by atoms with Gasteiger partial charge in [-0.2, -0.15) is 0 Å². The van der Waals surface area contributed by atoms with Crippen molar-refractivity contribution < 1.29 is 18.7 Å². The van der Waals surface area contributed by atoms with Gasteiger partial charge in [-0.3, -0.25) is 4.79 Å². The van der Waals surface area contributed by atoms with Crippen LogP contribution in [0.2, 0.25) is 5.02 Å². The Kier molecular flexibility index (Phi) is 6.61. The Bertz CT molecular complexity index is 1120. The van der Waals surface area contributed by atoms with Gasteiger partial charge in [0.2, 0.25) is 0 Å². The van der Waals surface area contributed by atoms with E-state index in [2.05, 4.69) is 0 Å². The maximum atomic E-state index is 14.0. The van der Waals surface area contributed by atoms with Crippen molar-refractivity contribution in [1.29, 1.82) is 0 Å². The molecule has 6 heteroatoms. The van der Waals surface area contributed by atoms with Crippen molar-refractivity contribution in [1.82, 2.24) is 4.57 Å². The molecule has 1 heterocycles. The number of hydrogen-bond donors (Lipinski definition) is 0. The molecule has 0 saturated carbocycles. The van der Waals surface area contributed by atoms with Gasteiger partial charge in [0.15, 0.2) is 5.78 Å². The van der Waals surface area contributed by atoms with Crippen LogP contribution in [0.1, 0.15) is 59.2 Å². The van der Waals surface area contributed by atoms with Gasteiger partial charge in [0.25, 0.3) is 0 Å². The van der Waals surface area contributed by atoms with Crippen LogP contribution in [-0.4, -0.2) is 23.4 Å². The minimum absolute atomic E-state index is 0.0401. The van der Waals surface area contributed by atoms with Crippen molar-refractivity contribution in [3.8, 4) is 0 Å². The molecule has 0 fully saturated rings. The first kappa shape index (κ1) is 22.0. The lowest BCUT2D eigenvalue weighted by atomic mass is 9.96. The number of rotatable bonds is 7. The van der Waals surface area contributed by atoms with E-state index >= 15 is 0 Å². The van der Waals surface area contributed by atoms with Crippen molar-refractivity contribution in [3.05, 3.63) is 69.6 Å². The maximum Gasteiger partial charge on any atom is 0.337 e. The second-order valence-corrected chi connectivity index (χ2v) is 7.99. The Morgan fingerprint density at radius 1 is 1.20 bits per heavy atom. The molecule has 0 aliphatic rings. The predicted octanol–water partition coefficient (Wildman–Crippen LogP) is 6.06. The molecule has 0 spiro atoms. The highest BCUT2D eigenvalue weighted by molar-refractivity contribution is 6.31. The number of nitrogens with zero attached hydrogens (tertiary/aromatic N) is 1. The van der Waals surface area contributed by atoms with Crippen molar-refractivity contribution in [2.75, 3.05) is 7.11 Å². The highest BCUT2D eigenvalue weighted by Crippen LogP contribution is 2.32. The van der Waals surface area contributed by atoms with Crippen LogP contribution < -0.4 is 0 Å². The maximum absolute atomic E-state index is 14.0. The third-order valence-electron chi connectivity index (χ3n) is 5.21. The zero-order valence-corrected chi connectivity index (χ0v) is 18.3. The highest BCUT2D eigenvalue weighted by Gasteiger charge is 2.25. The normalized spacial score (nSPS) is 11.3. The number of fused-ring (bicyclic) bond motifs is 1. The highest BCUT2D eigenvalue weighted by atomic mass is 35.5. The van der Waals surface area contributed by atoms with Crippen molar-refractivity contribution in [2.45, 2.75) is 40.2 Å². The number of benzene rings is 2. The van der Waals surface area contributed by atoms with Crippen LogP contribution in [0.3, 0.4) is 0 Å². The van der Waals surface area contributed by atoms with Crippen molar-refractivity contribution >= 4 is 34.3 Å². The molecule has 0 aliphatic heterocycles. The third kappa shape index (κ3) is 3.99. The lowest BCUT2D eigenvalue weighted by molar-refractivity contribution is 0.0600. The molecular formula is C24H25ClFNO3. The summed E-state index contributed by atoms with van der Waals surface area (Å²) in [4.78, 5) is 25.2. The Hall–Kier alpha value is -2.66. The molecular weight excluding hydrogens is 405 g/mol. The minimum atomic E-state index is -0.489. The quantitative estimate of drug-likeness (QED) is 0.339. The molecule has 0 radical (unpaired) electrons. The number of hydrogen-bond acceptors (Lipinski definition) is 3. The van der Waals surface area contributed by atoms with E-state index in [9.17, 15) is 14.0 Å². The average molecular weight is 430 g/mol. The van der Waals surface area contributed by atoms with Crippen LogP contribution in [-0.2, 0) is 17.7 Å². The van der Waals surface area contributed by atoms with Gasteiger partial charge < -0.3 is 9.30 Å². The molecule has 3 rings (SSSR count). The SMILES string of the molecule is CCCc1c(C(=O)C(C)C)c2ccc(C(=O)OC)cc2n1Cc1cccc(F)c1Cl. The smallest absolute Gasteiger partial charge is 0.337 e. The summed E-state index contributed by atoms with van der Waals surface area (Å²) >= 11 is 6.22. The topological polar surface area (TPSA) is 48.3 Å². The van der Waals surface area contributed by atoms with Crippen LogP contribution in [0, 0.1) is 11.7 Å². The molecule has 158 valence electrons. The molecule has 2 aromatic carbocycles. The molecule has 0 bridgehead atoms. The first-order valence-corrected chi connectivity index (χ1v) is 10.4. The lowest BCUT2D eigenvalue weighted by Gasteiger charge is -2.14. The third-order valence-corrected chi connectivity index (χ3v) is 5.63. The van der Waals surface area contributed by atoms with E-state index in [0.29, 0.717) is 29.7 Å². The fourth-order valence-corrected chi connectivity index (χ4v) is 3.91. The standard InChI is InChI=1S/C24H25ClFNO3/c1-5-7-19-21(23(28)14(2)3)17-11-10-15(24(29)30-4)12-20(17)27(19)13-16-8-6-9-18(26)22(16)25/h6,8-12,14H,5,7,13H2,1-4H3. The summed E-state index contributed by atoms with van der Waals surface area (Å²) in [6, 6.07) is 9.88. The van der Waals surface area contributed by atoms with Gasteiger partial charge in [-0.1, -0.05) is 57.0 Å². The zero-order valence-electron chi connectivity index (χ0n) is 17.6. The number of aromatic nitrogens is 1. The van der Waals surface area contributed by atoms with Gasteiger partial charge in [-0.25, -0.2) is 9.18 Å². The summed E-state index contributed by atoms with van der Waals surface area (Å²) in [5.74, 6) is -1.09. The fourth-order valence-electron chi connectivity index (χ4n) is 3.73. The second-order valence-electron chi connectivity index (χ2n) is 7.61. The Balaban J connectivity index is 2.33. The van der Waals surface area contributed by atoms with Crippen LogP contribution in [0.5, 0.6) is 0 Å². The Morgan fingerprint density at radius 2 is 1.93 bits per heavy atom. The largest absolute Gasteiger partial charge is 0.465 e. The van der Waals surface area contributed by atoms with E-state index in [-0.39, 0.29) is 16.7 Å². The monoisotopic (exact) mass is 429 g/mol. The number of esters is 1. The van der Waals surface area contributed by atoms with E-state index in [0.717, 1.165) is 23.0 Å². The number of halogens is 2. The second kappa shape index (κ2) is 9.00. The first-order valence-electron chi connectivity index (χ1n) is 10.0. The Labute approximate surface area is 180 Å². The summed E-state index contributed by atoms with van der Waals surface area (Å²) in [5, 5.41) is 0.833. The van der Waals surface area contributed by atoms with Crippen LogP contribution in [0.4, 0.5) is 4.39 Å². The molecule has 0 atom stereocenters. The number of methoxy groups -OCH3 is 1. The summed E-state index contributed by atoms with van der Waals surface area (Å²) in [7, 11) is 1.33. The first-order chi connectivity index (χ1) is 14.3. The number of carbonyl (C=O) groups excluding carboxylic acids is 2. The molecule has 1 aromatic heterocycles. The van der Waals surface area contributed by atoms with Gasteiger partial charge >= 0.3 is 5.97 Å². The molecule has 4 nitrogen and oxygen atoms in total. The molecule has 3 aromatic rings. The molecule has 30 heavy (non-hydrogen) atoms. The van der Waals surface area contributed by atoms with Crippen LogP contribution in [0.25, 0.3) is 10.9 Å². The molecule has 0 aliphatic carbocycles. The van der Waals surface area contributed by atoms with E-state index in [1.165, 1.54) is 13.2 Å². The lowest BCUT2D eigenvalue weighted by Crippen LogP contribution is -2.12. The van der Waals surface area contributed by atoms with Gasteiger partial charge in [0, 0.05) is 29.1 Å². The van der Waals surface area contributed by atoms with Gasteiger partial charge in [-0.15, -0.1) is 0 Å². The van der Waals surface area contributed by atoms with Gasteiger partial charge in [0.05, 0.1) is 23.2 Å². The molecule has 0 amide bonds. The van der Waals surface area contributed by atoms with E-state index in [1.54, 1.807) is 30.3 Å². The summed E-state index contributed by atoms with van der Waals surface area (Å²) in [6.07, 6.45) is 1.50. The molecule has 0 N–H and O–H groups in total. The molecule has 0 saturated heterocycles. The van der Waals surface area contributed by atoms with Crippen LogP contribution in [0.15, 0.2) is 36.4 Å². The number of carbonyl (C=O) groups is 2. The van der Waals surface area contributed by atoms with Crippen molar-refractivity contribution in [2.24, 2.45) is 5.92 Å². The van der Waals surface area contributed by atoms with Gasteiger partial charge in [-0.05, 0) is 30.2 Å². The minimum Gasteiger partial charge on any atom is -0.465 e. The number of ether oxygens (including phenoxy) is 1. The number of ketones is 1. The summed E-state index contributed by atoms with van der Waals surface area (Å²) in [6.45, 7) is 6.07. The zero-order chi connectivity index (χ0) is 22.0. The molecule has 0 unspecified atom stereocenters. The number of Topliss-reactive ketones (excluding diaryl/α,β-unsaturated/α-hetero) is 1. The van der Waals surface area contributed by atoms with Crippen LogP contribution >= 0.6 is 11.6 Å². The predicted molar refractivity (Wildman–Crippen MR) is 117 cm³/mol. The fraction of sp³-hybridized carbons (Fsp3) is 0.333. The van der Waals surface area contributed by atoms with E-state index in [4.69, 9.17) is 16.3 Å². The van der Waals surface area contributed by atoms with E-state index in [1.807, 2.05) is 25.3 Å². The van der Waals surface area contributed by atoms with Crippen molar-refractivity contribution in [3.63, 3.8) is 0 Å². The summed E-state index contributed by atoms with van der Waals surface area (Å²) < 4.78 is 20.9. The van der Waals surface area contributed by atoms with Gasteiger partial charge in [0.1, 0.15) is 5.82 Å². The Morgan fingerprint density at radius 3 is 2.57 bits per heavy atom. The van der Waals surface area contributed by atoms with E-state index < -0.39 is 11.8 Å². The summed E-state index contributed by atoms with van der Waals surface area (Å²) in [5.41, 5.74) is 3.25.